The van der Waals surface area contributed by atoms with Gasteiger partial charge in [0.1, 0.15) is 11.6 Å². The third kappa shape index (κ3) is 3.01. The summed E-state index contributed by atoms with van der Waals surface area (Å²) in [5.74, 6) is 2.24. The Balaban J connectivity index is 1.52. The van der Waals surface area contributed by atoms with Gasteiger partial charge in [-0.15, -0.1) is 0 Å². The Morgan fingerprint density at radius 3 is 2.78 bits per heavy atom. The molecule has 5 nitrogen and oxygen atoms in total. The van der Waals surface area contributed by atoms with E-state index in [1.165, 1.54) is 5.56 Å². The van der Waals surface area contributed by atoms with Crippen molar-refractivity contribution in [1.29, 1.82) is 0 Å². The minimum atomic E-state index is 0.0704. The predicted octanol–water partition coefficient (Wildman–Crippen LogP) is 2.21. The molecule has 23 heavy (non-hydrogen) atoms. The summed E-state index contributed by atoms with van der Waals surface area (Å²) in [6.07, 6.45) is 3.08. The summed E-state index contributed by atoms with van der Waals surface area (Å²) in [6.45, 7) is 2.52. The van der Waals surface area contributed by atoms with E-state index in [2.05, 4.69) is 22.0 Å². The smallest absolute Gasteiger partial charge is 0.254 e. The van der Waals surface area contributed by atoms with Crippen molar-refractivity contribution >= 4 is 0 Å². The third-order valence-electron chi connectivity index (χ3n) is 4.70. The summed E-state index contributed by atoms with van der Waals surface area (Å²) in [4.78, 5) is 22.3. The standard InChI is InChI=1S/C18H21N3O2/c1-23-14-6-2-12(3-7-14)10-21-9-8-15-16(11-21)19-17(13-4-5-13)20-18(15)22/h2-3,6-7,13H,4-5,8-11H2,1H3,(H,19,20,22). The average molecular weight is 311 g/mol. The van der Waals surface area contributed by atoms with Gasteiger partial charge in [0.15, 0.2) is 0 Å². The first-order valence-corrected chi connectivity index (χ1v) is 8.20. The van der Waals surface area contributed by atoms with Crippen LogP contribution in [0.3, 0.4) is 0 Å². The normalized spacial score (nSPS) is 17.8. The van der Waals surface area contributed by atoms with Crippen molar-refractivity contribution in [2.45, 2.75) is 38.3 Å². The molecule has 1 N–H and O–H groups in total. The van der Waals surface area contributed by atoms with Gasteiger partial charge in [-0.05, 0) is 37.0 Å². The number of fused-ring (bicyclic) bond motifs is 1. The van der Waals surface area contributed by atoms with Crippen LogP contribution >= 0.6 is 0 Å². The summed E-state index contributed by atoms with van der Waals surface area (Å²) >= 11 is 0. The number of methoxy groups -OCH3 is 1. The molecule has 1 aliphatic carbocycles. The highest BCUT2D eigenvalue weighted by Gasteiger charge is 2.29. The van der Waals surface area contributed by atoms with Gasteiger partial charge in [-0.1, -0.05) is 12.1 Å². The minimum absolute atomic E-state index is 0.0704. The van der Waals surface area contributed by atoms with Crippen LogP contribution in [0.25, 0.3) is 0 Å². The van der Waals surface area contributed by atoms with Crippen molar-refractivity contribution in [2.75, 3.05) is 13.7 Å². The highest BCUT2D eigenvalue weighted by Crippen LogP contribution is 2.37. The van der Waals surface area contributed by atoms with E-state index in [9.17, 15) is 4.79 Å². The zero-order valence-electron chi connectivity index (χ0n) is 13.3. The van der Waals surface area contributed by atoms with E-state index >= 15 is 0 Å². The Hall–Kier alpha value is -2.14. The van der Waals surface area contributed by atoms with Crippen LogP contribution in [0, 0.1) is 0 Å². The molecule has 0 saturated heterocycles. The lowest BCUT2D eigenvalue weighted by atomic mass is 10.1. The highest BCUT2D eigenvalue weighted by atomic mass is 16.5. The lowest BCUT2D eigenvalue weighted by Crippen LogP contribution is -2.35. The van der Waals surface area contributed by atoms with E-state index in [1.807, 2.05) is 12.1 Å². The van der Waals surface area contributed by atoms with Gasteiger partial charge in [0.25, 0.3) is 5.56 Å². The van der Waals surface area contributed by atoms with Gasteiger partial charge in [0.05, 0.1) is 12.8 Å². The van der Waals surface area contributed by atoms with E-state index in [-0.39, 0.29) is 5.56 Å². The molecule has 4 rings (SSSR count). The number of aromatic amines is 1. The SMILES string of the molecule is COc1ccc(CN2CCc3c(nc(C4CC4)[nH]c3=O)C2)cc1. The van der Waals surface area contributed by atoms with Gasteiger partial charge in [0, 0.05) is 31.1 Å². The number of H-pyrrole nitrogens is 1. The molecule has 5 heteroatoms. The zero-order chi connectivity index (χ0) is 15.8. The molecular formula is C18H21N3O2. The largest absolute Gasteiger partial charge is 0.497 e. The van der Waals surface area contributed by atoms with Gasteiger partial charge in [0.2, 0.25) is 0 Å². The Morgan fingerprint density at radius 2 is 2.09 bits per heavy atom. The van der Waals surface area contributed by atoms with Crippen molar-refractivity contribution in [3.05, 3.63) is 57.3 Å². The maximum atomic E-state index is 12.2. The molecule has 120 valence electrons. The summed E-state index contributed by atoms with van der Waals surface area (Å²) in [6, 6.07) is 8.16. The Kier molecular flexibility index (Phi) is 3.65. The second kappa shape index (κ2) is 5.81. The van der Waals surface area contributed by atoms with Crippen molar-refractivity contribution in [3.63, 3.8) is 0 Å². The molecule has 1 saturated carbocycles. The average Bonchev–Trinajstić information content (AvgIpc) is 3.40. The zero-order valence-corrected chi connectivity index (χ0v) is 13.3. The first-order valence-electron chi connectivity index (χ1n) is 8.20. The van der Waals surface area contributed by atoms with Gasteiger partial charge in [-0.3, -0.25) is 9.69 Å². The van der Waals surface area contributed by atoms with E-state index < -0.39 is 0 Å². The quantitative estimate of drug-likeness (QED) is 0.940. The predicted molar refractivity (Wildman–Crippen MR) is 87.6 cm³/mol. The van der Waals surface area contributed by atoms with Crippen molar-refractivity contribution in [2.24, 2.45) is 0 Å². The number of benzene rings is 1. The first kappa shape index (κ1) is 14.5. The minimum Gasteiger partial charge on any atom is -0.497 e. The van der Waals surface area contributed by atoms with Gasteiger partial charge >= 0.3 is 0 Å². The molecule has 2 heterocycles. The van der Waals surface area contributed by atoms with Gasteiger partial charge in [-0.25, -0.2) is 4.98 Å². The van der Waals surface area contributed by atoms with Gasteiger partial charge in [-0.2, -0.15) is 0 Å². The molecule has 1 aromatic carbocycles. The molecule has 1 aromatic heterocycles. The fourth-order valence-electron chi connectivity index (χ4n) is 3.19. The molecule has 0 amide bonds. The fraction of sp³-hybridized carbons (Fsp3) is 0.444. The lowest BCUT2D eigenvalue weighted by Gasteiger charge is -2.27. The third-order valence-corrected chi connectivity index (χ3v) is 4.70. The molecule has 1 fully saturated rings. The van der Waals surface area contributed by atoms with E-state index in [0.717, 1.165) is 61.7 Å². The summed E-state index contributed by atoms with van der Waals surface area (Å²) in [7, 11) is 1.68. The van der Waals surface area contributed by atoms with Crippen LogP contribution in [0.15, 0.2) is 29.1 Å². The van der Waals surface area contributed by atoms with Crippen LogP contribution in [-0.2, 0) is 19.5 Å². The number of hydrogen-bond donors (Lipinski definition) is 1. The maximum absolute atomic E-state index is 12.2. The number of rotatable bonds is 4. The fourth-order valence-corrected chi connectivity index (χ4v) is 3.19. The number of hydrogen-bond acceptors (Lipinski definition) is 4. The highest BCUT2D eigenvalue weighted by molar-refractivity contribution is 5.28. The number of ether oxygens (including phenoxy) is 1. The summed E-state index contributed by atoms with van der Waals surface area (Å²) < 4.78 is 5.20. The second-order valence-electron chi connectivity index (χ2n) is 6.46. The second-order valence-corrected chi connectivity index (χ2v) is 6.46. The lowest BCUT2D eigenvalue weighted by molar-refractivity contribution is 0.240. The summed E-state index contributed by atoms with van der Waals surface area (Å²) in [5, 5.41) is 0. The summed E-state index contributed by atoms with van der Waals surface area (Å²) in [5.41, 5.74) is 3.17. The van der Waals surface area contributed by atoms with E-state index in [4.69, 9.17) is 9.72 Å². The molecule has 2 aliphatic rings. The van der Waals surface area contributed by atoms with Crippen molar-refractivity contribution < 1.29 is 4.74 Å². The Labute approximate surface area is 135 Å². The van der Waals surface area contributed by atoms with Crippen molar-refractivity contribution in [1.82, 2.24) is 14.9 Å². The number of aromatic nitrogens is 2. The maximum Gasteiger partial charge on any atom is 0.254 e. The molecular weight excluding hydrogens is 290 g/mol. The van der Waals surface area contributed by atoms with Crippen LogP contribution < -0.4 is 10.3 Å². The Bertz CT molecular complexity index is 763. The van der Waals surface area contributed by atoms with Crippen LogP contribution in [-0.4, -0.2) is 28.5 Å². The van der Waals surface area contributed by atoms with Crippen molar-refractivity contribution in [3.8, 4) is 5.75 Å². The Morgan fingerprint density at radius 1 is 1.30 bits per heavy atom. The molecule has 0 unspecified atom stereocenters. The van der Waals surface area contributed by atoms with E-state index in [0.29, 0.717) is 5.92 Å². The van der Waals surface area contributed by atoms with Crippen LogP contribution in [0.4, 0.5) is 0 Å². The van der Waals surface area contributed by atoms with Crippen LogP contribution in [0.5, 0.6) is 5.75 Å². The van der Waals surface area contributed by atoms with Crippen LogP contribution in [0.1, 0.15) is 41.4 Å². The molecule has 0 spiro atoms. The van der Waals surface area contributed by atoms with Crippen LogP contribution in [0.2, 0.25) is 0 Å². The topological polar surface area (TPSA) is 58.2 Å². The molecule has 0 radical (unpaired) electrons. The first-order chi connectivity index (χ1) is 11.2. The number of nitrogens with one attached hydrogen (secondary N) is 1. The molecule has 0 bridgehead atoms. The molecule has 2 aromatic rings. The number of nitrogens with zero attached hydrogens (tertiary/aromatic N) is 2. The molecule has 1 aliphatic heterocycles. The molecule has 0 atom stereocenters. The monoisotopic (exact) mass is 311 g/mol. The van der Waals surface area contributed by atoms with E-state index in [1.54, 1.807) is 7.11 Å². The van der Waals surface area contributed by atoms with Gasteiger partial charge < -0.3 is 9.72 Å².